The van der Waals surface area contributed by atoms with Gasteiger partial charge in [-0.1, -0.05) is 13.3 Å². The number of carbonyl (C=O) groups excluding carboxylic acids is 1. The zero-order valence-corrected chi connectivity index (χ0v) is 12.6. The summed E-state index contributed by atoms with van der Waals surface area (Å²) in [4.78, 5) is 13.7. The minimum Gasteiger partial charge on any atom is -0.493 e. The van der Waals surface area contributed by atoms with E-state index in [0.717, 1.165) is 24.5 Å². The zero-order valence-electron chi connectivity index (χ0n) is 12.6. The van der Waals surface area contributed by atoms with Gasteiger partial charge in [-0.05, 0) is 57.1 Å². The van der Waals surface area contributed by atoms with E-state index in [1.54, 1.807) is 6.92 Å². The number of benzene rings is 1. The highest BCUT2D eigenvalue weighted by Gasteiger charge is 2.13. The second-order valence-electron chi connectivity index (χ2n) is 5.86. The van der Waals surface area contributed by atoms with Crippen molar-refractivity contribution in [2.75, 3.05) is 26.2 Å². The van der Waals surface area contributed by atoms with Crippen LogP contribution in [0.4, 0.5) is 0 Å². The standard InChI is InChI=1S/C17H25NO2/c1-14(12-18-10-4-3-5-11-18)13-20-17-8-6-16(7-9-17)15(2)19/h6-9,14H,3-5,10-13H2,1-2H3/t14-/m0/s1. The Labute approximate surface area is 121 Å². The fraction of sp³-hybridized carbons (Fsp3) is 0.588. The predicted octanol–water partition coefficient (Wildman–Crippen LogP) is 3.39. The van der Waals surface area contributed by atoms with Crippen molar-refractivity contribution in [2.24, 2.45) is 5.92 Å². The quantitative estimate of drug-likeness (QED) is 0.745. The van der Waals surface area contributed by atoms with Crippen LogP contribution in [0.5, 0.6) is 5.75 Å². The Morgan fingerprint density at radius 3 is 2.45 bits per heavy atom. The van der Waals surface area contributed by atoms with E-state index in [2.05, 4.69) is 11.8 Å². The normalized spacial score (nSPS) is 17.7. The Morgan fingerprint density at radius 1 is 1.20 bits per heavy atom. The summed E-state index contributed by atoms with van der Waals surface area (Å²) in [7, 11) is 0. The Balaban J connectivity index is 1.74. The fourth-order valence-electron chi connectivity index (χ4n) is 2.66. The molecule has 1 fully saturated rings. The maximum absolute atomic E-state index is 11.2. The molecule has 0 N–H and O–H groups in total. The second-order valence-corrected chi connectivity index (χ2v) is 5.86. The van der Waals surface area contributed by atoms with Gasteiger partial charge in [-0.3, -0.25) is 4.79 Å². The first kappa shape index (κ1) is 15.0. The summed E-state index contributed by atoms with van der Waals surface area (Å²) in [6.45, 7) is 8.13. The van der Waals surface area contributed by atoms with Gasteiger partial charge in [-0.15, -0.1) is 0 Å². The van der Waals surface area contributed by atoms with Crippen LogP contribution in [0.25, 0.3) is 0 Å². The number of hydrogen-bond donors (Lipinski definition) is 0. The highest BCUT2D eigenvalue weighted by Crippen LogP contribution is 2.15. The summed E-state index contributed by atoms with van der Waals surface area (Å²) in [5, 5.41) is 0. The van der Waals surface area contributed by atoms with Crippen LogP contribution in [0.1, 0.15) is 43.5 Å². The molecule has 3 nitrogen and oxygen atoms in total. The molecule has 0 bridgehead atoms. The van der Waals surface area contributed by atoms with Crippen molar-refractivity contribution in [1.82, 2.24) is 4.90 Å². The van der Waals surface area contributed by atoms with Gasteiger partial charge in [0.25, 0.3) is 0 Å². The van der Waals surface area contributed by atoms with E-state index in [1.165, 1.54) is 32.4 Å². The van der Waals surface area contributed by atoms with Gasteiger partial charge in [0.05, 0.1) is 6.61 Å². The van der Waals surface area contributed by atoms with Crippen LogP contribution < -0.4 is 4.74 Å². The van der Waals surface area contributed by atoms with Gasteiger partial charge in [0.15, 0.2) is 5.78 Å². The highest BCUT2D eigenvalue weighted by atomic mass is 16.5. The number of Topliss-reactive ketones (excluding diaryl/α,β-unsaturated/α-hetero) is 1. The van der Waals surface area contributed by atoms with Crippen LogP contribution in [0, 0.1) is 5.92 Å². The van der Waals surface area contributed by atoms with Crippen LogP contribution in [-0.2, 0) is 0 Å². The molecule has 3 heteroatoms. The first-order chi connectivity index (χ1) is 9.65. The number of carbonyl (C=O) groups is 1. The molecule has 2 rings (SSSR count). The number of rotatable bonds is 6. The molecule has 0 aromatic heterocycles. The molecular formula is C17H25NO2. The van der Waals surface area contributed by atoms with Crippen molar-refractivity contribution < 1.29 is 9.53 Å². The number of ketones is 1. The van der Waals surface area contributed by atoms with Crippen LogP contribution >= 0.6 is 0 Å². The molecule has 1 saturated heterocycles. The second kappa shape index (κ2) is 7.44. The Morgan fingerprint density at radius 2 is 1.85 bits per heavy atom. The van der Waals surface area contributed by atoms with E-state index in [4.69, 9.17) is 4.74 Å². The number of hydrogen-bond acceptors (Lipinski definition) is 3. The van der Waals surface area contributed by atoms with Crippen molar-refractivity contribution in [3.8, 4) is 5.75 Å². The monoisotopic (exact) mass is 275 g/mol. The third-order valence-corrected chi connectivity index (χ3v) is 3.81. The Kier molecular flexibility index (Phi) is 5.60. The molecule has 0 spiro atoms. The predicted molar refractivity (Wildman–Crippen MR) is 81.4 cm³/mol. The average molecular weight is 275 g/mol. The molecule has 0 saturated carbocycles. The summed E-state index contributed by atoms with van der Waals surface area (Å²) >= 11 is 0. The maximum atomic E-state index is 11.2. The maximum Gasteiger partial charge on any atom is 0.159 e. The summed E-state index contributed by atoms with van der Waals surface area (Å²) in [5.41, 5.74) is 0.735. The molecule has 0 aliphatic carbocycles. The third kappa shape index (κ3) is 4.64. The molecule has 1 aromatic carbocycles. The first-order valence-corrected chi connectivity index (χ1v) is 7.61. The van der Waals surface area contributed by atoms with Gasteiger partial charge in [0.1, 0.15) is 5.75 Å². The van der Waals surface area contributed by atoms with Crippen LogP contribution in [0.2, 0.25) is 0 Å². The topological polar surface area (TPSA) is 29.5 Å². The Bertz CT molecular complexity index is 421. The van der Waals surface area contributed by atoms with Crippen molar-refractivity contribution in [3.63, 3.8) is 0 Å². The van der Waals surface area contributed by atoms with E-state index < -0.39 is 0 Å². The molecule has 110 valence electrons. The van der Waals surface area contributed by atoms with Crippen LogP contribution in [0.3, 0.4) is 0 Å². The number of piperidine rings is 1. The van der Waals surface area contributed by atoms with Crippen LogP contribution in [0.15, 0.2) is 24.3 Å². The molecular weight excluding hydrogens is 250 g/mol. The molecule has 0 unspecified atom stereocenters. The van der Waals surface area contributed by atoms with Crippen molar-refractivity contribution in [3.05, 3.63) is 29.8 Å². The Hall–Kier alpha value is -1.35. The van der Waals surface area contributed by atoms with Gasteiger partial charge < -0.3 is 9.64 Å². The van der Waals surface area contributed by atoms with Gasteiger partial charge in [-0.2, -0.15) is 0 Å². The number of ether oxygens (including phenoxy) is 1. The van der Waals surface area contributed by atoms with Crippen LogP contribution in [-0.4, -0.2) is 36.9 Å². The lowest BCUT2D eigenvalue weighted by Gasteiger charge is -2.29. The smallest absolute Gasteiger partial charge is 0.159 e. The van der Waals surface area contributed by atoms with E-state index in [1.807, 2.05) is 24.3 Å². The number of likely N-dealkylation sites (tertiary alicyclic amines) is 1. The SMILES string of the molecule is CC(=O)c1ccc(OC[C@@H](C)CN2CCCCC2)cc1. The lowest BCUT2D eigenvalue weighted by atomic mass is 10.1. The van der Waals surface area contributed by atoms with Gasteiger partial charge in [0.2, 0.25) is 0 Å². The highest BCUT2D eigenvalue weighted by molar-refractivity contribution is 5.94. The fourth-order valence-corrected chi connectivity index (χ4v) is 2.66. The molecule has 1 aliphatic rings. The third-order valence-electron chi connectivity index (χ3n) is 3.81. The minimum atomic E-state index is 0.0926. The molecule has 1 aliphatic heterocycles. The molecule has 1 heterocycles. The summed E-state index contributed by atoms with van der Waals surface area (Å²) in [6, 6.07) is 7.41. The molecule has 1 atom stereocenters. The van der Waals surface area contributed by atoms with E-state index in [9.17, 15) is 4.79 Å². The minimum absolute atomic E-state index is 0.0926. The average Bonchev–Trinajstić information content (AvgIpc) is 2.46. The molecule has 0 radical (unpaired) electrons. The summed E-state index contributed by atoms with van der Waals surface area (Å²) in [5.74, 6) is 1.47. The lowest BCUT2D eigenvalue weighted by molar-refractivity contribution is 0.101. The van der Waals surface area contributed by atoms with Crippen molar-refractivity contribution >= 4 is 5.78 Å². The largest absolute Gasteiger partial charge is 0.493 e. The van der Waals surface area contributed by atoms with Gasteiger partial charge in [0, 0.05) is 18.0 Å². The van der Waals surface area contributed by atoms with Gasteiger partial charge >= 0.3 is 0 Å². The molecule has 1 aromatic rings. The summed E-state index contributed by atoms with van der Waals surface area (Å²) in [6.07, 6.45) is 4.05. The van der Waals surface area contributed by atoms with E-state index in [-0.39, 0.29) is 5.78 Å². The van der Waals surface area contributed by atoms with E-state index >= 15 is 0 Å². The van der Waals surface area contributed by atoms with Crippen molar-refractivity contribution in [1.29, 1.82) is 0 Å². The first-order valence-electron chi connectivity index (χ1n) is 7.61. The van der Waals surface area contributed by atoms with Gasteiger partial charge in [-0.25, -0.2) is 0 Å². The molecule has 0 amide bonds. The lowest BCUT2D eigenvalue weighted by Crippen LogP contribution is -2.35. The number of nitrogens with zero attached hydrogens (tertiary/aromatic N) is 1. The molecule has 20 heavy (non-hydrogen) atoms. The zero-order chi connectivity index (χ0) is 14.4. The van der Waals surface area contributed by atoms with E-state index in [0.29, 0.717) is 5.92 Å². The summed E-state index contributed by atoms with van der Waals surface area (Å²) < 4.78 is 5.81. The van der Waals surface area contributed by atoms with Crippen molar-refractivity contribution in [2.45, 2.75) is 33.1 Å².